The third-order valence-corrected chi connectivity index (χ3v) is 3.61. The molecule has 0 aliphatic rings. The van der Waals surface area contributed by atoms with Crippen molar-refractivity contribution in [1.82, 2.24) is 0 Å². The van der Waals surface area contributed by atoms with Crippen LogP contribution >= 0.6 is 0 Å². The fraction of sp³-hybridized carbons (Fsp3) is 0.368. The molecule has 0 aromatic heterocycles. The van der Waals surface area contributed by atoms with E-state index in [1.807, 2.05) is 6.07 Å². The molecule has 112 valence electrons. The van der Waals surface area contributed by atoms with Gasteiger partial charge in [0, 0.05) is 12.2 Å². The molecule has 0 spiro atoms. The summed E-state index contributed by atoms with van der Waals surface area (Å²) in [5.41, 5.74) is 4.95. The molecule has 0 saturated carbocycles. The molecule has 2 aromatic rings. The van der Waals surface area contributed by atoms with Gasteiger partial charge in [0.15, 0.2) is 0 Å². The Morgan fingerprint density at radius 1 is 1.05 bits per heavy atom. The zero-order valence-corrected chi connectivity index (χ0v) is 13.4. The molecule has 0 aliphatic heterocycles. The highest BCUT2D eigenvalue weighted by molar-refractivity contribution is 5.50. The van der Waals surface area contributed by atoms with E-state index < -0.39 is 0 Å². The number of nitrogens with one attached hydrogen (secondary N) is 1. The van der Waals surface area contributed by atoms with Crippen LogP contribution in [0.2, 0.25) is 0 Å². The van der Waals surface area contributed by atoms with Crippen molar-refractivity contribution in [1.29, 1.82) is 0 Å². The molecule has 2 heteroatoms. The zero-order chi connectivity index (χ0) is 15.2. The Morgan fingerprint density at radius 2 is 1.81 bits per heavy atom. The fourth-order valence-electron chi connectivity index (χ4n) is 2.36. The van der Waals surface area contributed by atoms with E-state index in [2.05, 4.69) is 69.4 Å². The van der Waals surface area contributed by atoms with Crippen LogP contribution in [-0.2, 0) is 0 Å². The van der Waals surface area contributed by atoms with Crippen LogP contribution in [0.1, 0.15) is 36.5 Å². The van der Waals surface area contributed by atoms with Crippen LogP contribution in [0.4, 0.5) is 5.69 Å². The summed E-state index contributed by atoms with van der Waals surface area (Å²) >= 11 is 0. The molecule has 0 unspecified atom stereocenters. The van der Waals surface area contributed by atoms with Gasteiger partial charge in [-0.05, 0) is 48.6 Å². The molecule has 0 amide bonds. The highest BCUT2D eigenvalue weighted by Crippen LogP contribution is 2.27. The van der Waals surface area contributed by atoms with Gasteiger partial charge in [-0.15, -0.1) is 0 Å². The minimum Gasteiger partial charge on any atom is -0.491 e. The average Bonchev–Trinajstić information content (AvgIpc) is 2.45. The molecular weight excluding hydrogens is 258 g/mol. The molecule has 2 nitrogen and oxygen atoms in total. The summed E-state index contributed by atoms with van der Waals surface area (Å²) < 4.78 is 5.98. The first-order valence-electron chi connectivity index (χ1n) is 7.61. The summed E-state index contributed by atoms with van der Waals surface area (Å²) in [6.07, 6.45) is 0. The fourth-order valence-corrected chi connectivity index (χ4v) is 2.36. The minimum absolute atomic E-state index is 0.477. The Kier molecular flexibility index (Phi) is 5.26. The number of anilines is 1. The van der Waals surface area contributed by atoms with E-state index in [1.165, 1.54) is 22.4 Å². The van der Waals surface area contributed by atoms with E-state index in [1.54, 1.807) is 0 Å². The van der Waals surface area contributed by atoms with Gasteiger partial charge in [-0.2, -0.15) is 0 Å². The van der Waals surface area contributed by atoms with E-state index in [4.69, 9.17) is 4.74 Å². The second-order valence-corrected chi connectivity index (χ2v) is 5.79. The van der Waals surface area contributed by atoms with Crippen LogP contribution in [0.3, 0.4) is 0 Å². The van der Waals surface area contributed by atoms with Crippen LogP contribution in [0, 0.1) is 13.8 Å². The highest BCUT2D eigenvalue weighted by atomic mass is 16.5. The quantitative estimate of drug-likeness (QED) is 0.760. The van der Waals surface area contributed by atoms with Crippen molar-refractivity contribution in [2.24, 2.45) is 0 Å². The summed E-state index contributed by atoms with van der Waals surface area (Å²) in [5.74, 6) is 1.49. The lowest BCUT2D eigenvalue weighted by molar-refractivity contribution is 0.328. The lowest BCUT2D eigenvalue weighted by atomic mass is 10.0. The van der Waals surface area contributed by atoms with E-state index in [-0.39, 0.29) is 0 Å². The predicted molar refractivity (Wildman–Crippen MR) is 90.4 cm³/mol. The summed E-state index contributed by atoms with van der Waals surface area (Å²) in [7, 11) is 0. The van der Waals surface area contributed by atoms with Crippen LogP contribution in [0.25, 0.3) is 0 Å². The number of hydrogen-bond donors (Lipinski definition) is 1. The third-order valence-electron chi connectivity index (χ3n) is 3.61. The molecule has 2 aromatic carbocycles. The van der Waals surface area contributed by atoms with Gasteiger partial charge in [-0.3, -0.25) is 0 Å². The largest absolute Gasteiger partial charge is 0.491 e. The normalized spacial score (nSPS) is 10.7. The van der Waals surface area contributed by atoms with Crippen molar-refractivity contribution < 1.29 is 4.74 Å². The first-order chi connectivity index (χ1) is 10.1. The molecule has 0 aliphatic carbocycles. The van der Waals surface area contributed by atoms with E-state index >= 15 is 0 Å². The number of benzene rings is 2. The van der Waals surface area contributed by atoms with Gasteiger partial charge in [0.2, 0.25) is 0 Å². The Balaban J connectivity index is 1.92. The van der Waals surface area contributed by atoms with Crippen LogP contribution in [0.5, 0.6) is 5.75 Å². The summed E-state index contributed by atoms with van der Waals surface area (Å²) in [6.45, 7) is 10.1. The third kappa shape index (κ3) is 4.25. The van der Waals surface area contributed by atoms with E-state index in [0.717, 1.165) is 12.3 Å². The monoisotopic (exact) mass is 283 g/mol. The molecule has 0 heterocycles. The second-order valence-electron chi connectivity index (χ2n) is 5.79. The van der Waals surface area contributed by atoms with Crippen molar-refractivity contribution in [3.63, 3.8) is 0 Å². The molecule has 1 N–H and O–H groups in total. The SMILES string of the molecule is Cc1ccc(C(C)C)c(OCCNc2ccccc2C)c1. The van der Waals surface area contributed by atoms with E-state index in [0.29, 0.717) is 12.5 Å². The molecule has 0 bridgehead atoms. The minimum atomic E-state index is 0.477. The second kappa shape index (κ2) is 7.16. The Hall–Kier alpha value is -1.96. The maximum atomic E-state index is 5.98. The van der Waals surface area contributed by atoms with E-state index in [9.17, 15) is 0 Å². The molecule has 21 heavy (non-hydrogen) atoms. The Morgan fingerprint density at radius 3 is 2.52 bits per heavy atom. The topological polar surface area (TPSA) is 21.3 Å². The lowest BCUT2D eigenvalue weighted by Gasteiger charge is -2.16. The number of hydrogen-bond acceptors (Lipinski definition) is 2. The summed E-state index contributed by atoms with van der Waals surface area (Å²) in [4.78, 5) is 0. The summed E-state index contributed by atoms with van der Waals surface area (Å²) in [5, 5.41) is 3.42. The smallest absolute Gasteiger partial charge is 0.123 e. The number of aryl methyl sites for hydroxylation is 2. The molecule has 0 saturated heterocycles. The zero-order valence-electron chi connectivity index (χ0n) is 13.4. The van der Waals surface area contributed by atoms with Crippen LogP contribution in [-0.4, -0.2) is 13.2 Å². The van der Waals surface area contributed by atoms with Crippen molar-refractivity contribution in [3.05, 3.63) is 59.2 Å². The van der Waals surface area contributed by atoms with Crippen molar-refractivity contribution >= 4 is 5.69 Å². The Bertz CT molecular complexity index is 590. The van der Waals surface area contributed by atoms with Crippen molar-refractivity contribution in [2.75, 3.05) is 18.5 Å². The molecule has 0 fully saturated rings. The maximum Gasteiger partial charge on any atom is 0.123 e. The Labute approximate surface area is 128 Å². The highest BCUT2D eigenvalue weighted by Gasteiger charge is 2.07. The number of ether oxygens (including phenoxy) is 1. The van der Waals surface area contributed by atoms with Gasteiger partial charge in [0.05, 0.1) is 0 Å². The molecule has 0 radical (unpaired) electrons. The van der Waals surface area contributed by atoms with Gasteiger partial charge in [-0.1, -0.05) is 44.2 Å². The standard InChI is InChI=1S/C19H25NO/c1-14(2)17-10-9-15(3)13-19(17)21-12-11-20-18-8-6-5-7-16(18)4/h5-10,13-14,20H,11-12H2,1-4H3. The van der Waals surface area contributed by atoms with Crippen LogP contribution < -0.4 is 10.1 Å². The van der Waals surface area contributed by atoms with Gasteiger partial charge in [0.1, 0.15) is 12.4 Å². The van der Waals surface area contributed by atoms with Crippen molar-refractivity contribution in [3.8, 4) is 5.75 Å². The number of rotatable bonds is 6. The van der Waals surface area contributed by atoms with Gasteiger partial charge >= 0.3 is 0 Å². The van der Waals surface area contributed by atoms with Gasteiger partial charge in [-0.25, -0.2) is 0 Å². The maximum absolute atomic E-state index is 5.98. The van der Waals surface area contributed by atoms with Crippen molar-refractivity contribution in [2.45, 2.75) is 33.6 Å². The predicted octanol–water partition coefficient (Wildman–Crippen LogP) is 4.92. The molecular formula is C19H25NO. The average molecular weight is 283 g/mol. The molecule has 2 rings (SSSR count). The summed E-state index contributed by atoms with van der Waals surface area (Å²) in [6, 6.07) is 14.8. The first-order valence-corrected chi connectivity index (χ1v) is 7.61. The molecule has 0 atom stereocenters. The van der Waals surface area contributed by atoms with Gasteiger partial charge in [0.25, 0.3) is 0 Å². The first kappa shape index (κ1) is 15.4. The lowest BCUT2D eigenvalue weighted by Crippen LogP contribution is -2.13. The number of para-hydroxylation sites is 1. The van der Waals surface area contributed by atoms with Crippen LogP contribution in [0.15, 0.2) is 42.5 Å². The van der Waals surface area contributed by atoms with Gasteiger partial charge < -0.3 is 10.1 Å².